The Kier molecular flexibility index (Phi) is 4.63. The predicted octanol–water partition coefficient (Wildman–Crippen LogP) is 5.02. The van der Waals surface area contributed by atoms with Gasteiger partial charge in [-0.3, -0.25) is 0 Å². The van der Waals surface area contributed by atoms with Crippen molar-refractivity contribution < 1.29 is 13.5 Å². The zero-order valence-electron chi connectivity index (χ0n) is 16.6. The van der Waals surface area contributed by atoms with Gasteiger partial charge in [0.1, 0.15) is 17.0 Å². The number of pyridine rings is 1. The average molecular weight is 426 g/mol. The smallest absolute Gasteiger partial charge is 0.159 e. The Morgan fingerprint density at radius 3 is 2.87 bits per heavy atom. The van der Waals surface area contributed by atoms with Crippen LogP contribution in [0.1, 0.15) is 30.7 Å². The summed E-state index contributed by atoms with van der Waals surface area (Å²) in [7, 11) is 0. The summed E-state index contributed by atoms with van der Waals surface area (Å²) in [4.78, 5) is 14.7. The highest BCUT2D eigenvalue weighted by Gasteiger charge is 2.28. The highest BCUT2D eigenvalue weighted by atomic mass is 32.1. The molecule has 1 aliphatic rings. The molecule has 5 nitrogen and oxygen atoms in total. The van der Waals surface area contributed by atoms with Crippen molar-refractivity contribution in [2.45, 2.75) is 38.9 Å². The summed E-state index contributed by atoms with van der Waals surface area (Å²) >= 11 is 1.56. The number of benzene rings is 1. The largest absolute Gasteiger partial charge is 0.370 e. The quantitative estimate of drug-likeness (QED) is 0.496. The average Bonchev–Trinajstić information content (AvgIpc) is 3.06. The van der Waals surface area contributed by atoms with Crippen LogP contribution in [0.25, 0.3) is 20.4 Å². The molecule has 4 aromatic rings. The Balaban J connectivity index is 1.44. The Morgan fingerprint density at radius 1 is 1.17 bits per heavy atom. The van der Waals surface area contributed by atoms with E-state index in [0.717, 1.165) is 55.6 Å². The molecule has 4 heterocycles. The van der Waals surface area contributed by atoms with Crippen molar-refractivity contribution in [2.75, 3.05) is 11.9 Å². The zero-order chi connectivity index (χ0) is 20.9. The third-order valence-electron chi connectivity index (χ3n) is 5.32. The van der Waals surface area contributed by atoms with Crippen LogP contribution in [0, 0.1) is 11.6 Å². The topological polar surface area (TPSA) is 59.9 Å². The van der Waals surface area contributed by atoms with E-state index in [9.17, 15) is 8.78 Å². The Morgan fingerprint density at radius 2 is 2.03 bits per heavy atom. The lowest BCUT2D eigenvalue weighted by Crippen LogP contribution is -2.32. The minimum atomic E-state index is -0.835. The third kappa shape index (κ3) is 3.50. The van der Waals surface area contributed by atoms with Gasteiger partial charge in [-0.25, -0.2) is 23.7 Å². The van der Waals surface area contributed by atoms with Crippen molar-refractivity contribution in [3.8, 4) is 0 Å². The molecule has 154 valence electrons. The van der Waals surface area contributed by atoms with Gasteiger partial charge in [0.25, 0.3) is 0 Å². The van der Waals surface area contributed by atoms with Crippen LogP contribution in [0.5, 0.6) is 0 Å². The van der Waals surface area contributed by atoms with Crippen molar-refractivity contribution >= 4 is 37.6 Å². The Labute approximate surface area is 176 Å². The van der Waals surface area contributed by atoms with E-state index in [1.165, 1.54) is 12.4 Å². The van der Waals surface area contributed by atoms with Crippen molar-refractivity contribution in [3.05, 3.63) is 59.0 Å². The molecular weight excluding hydrogens is 406 g/mol. The maximum absolute atomic E-state index is 13.4. The van der Waals surface area contributed by atoms with Gasteiger partial charge in [-0.1, -0.05) is 6.07 Å². The maximum atomic E-state index is 13.4. The molecule has 0 fully saturated rings. The molecule has 0 bridgehead atoms. The number of thiophene rings is 1. The molecule has 0 spiro atoms. The molecule has 0 aliphatic carbocycles. The molecule has 8 heteroatoms. The number of aromatic nitrogens is 3. The normalized spacial score (nSPS) is 15.5. The van der Waals surface area contributed by atoms with Crippen LogP contribution in [0.15, 0.2) is 30.6 Å². The third-order valence-corrected chi connectivity index (χ3v) is 6.41. The molecule has 0 amide bonds. The van der Waals surface area contributed by atoms with Crippen LogP contribution in [0.4, 0.5) is 14.6 Å². The van der Waals surface area contributed by atoms with Crippen LogP contribution in [-0.4, -0.2) is 27.1 Å². The van der Waals surface area contributed by atoms with Gasteiger partial charge in [-0.05, 0) is 44.0 Å². The molecule has 1 aromatic carbocycles. The number of halogens is 2. The van der Waals surface area contributed by atoms with Crippen LogP contribution in [0.2, 0.25) is 0 Å². The molecule has 0 saturated heterocycles. The molecule has 1 N–H and O–H groups in total. The minimum absolute atomic E-state index is 0.212. The van der Waals surface area contributed by atoms with Gasteiger partial charge < -0.3 is 10.1 Å². The van der Waals surface area contributed by atoms with E-state index in [-0.39, 0.29) is 5.60 Å². The van der Waals surface area contributed by atoms with Gasteiger partial charge in [0.15, 0.2) is 11.6 Å². The van der Waals surface area contributed by atoms with Crippen LogP contribution >= 0.6 is 11.3 Å². The maximum Gasteiger partial charge on any atom is 0.159 e. The Hall–Kier alpha value is -2.71. The standard InChI is InChI=1S/C22H20F2N4OS/c1-22(2)9-17-13(10-29-22)8-14-18-19(30-21(14)28-17)20(27-11-26-18)25-6-5-12-3-4-15(23)16(24)7-12/h3-4,7-8,11H,5-6,9-10H2,1-2H3,(H,25,26,27). The van der Waals surface area contributed by atoms with Crippen LogP contribution in [0.3, 0.4) is 0 Å². The first kappa shape index (κ1) is 19.3. The fourth-order valence-electron chi connectivity index (χ4n) is 3.73. The summed E-state index contributed by atoms with van der Waals surface area (Å²) < 4.78 is 33.4. The molecule has 0 unspecified atom stereocenters. The molecule has 5 rings (SSSR count). The van der Waals surface area contributed by atoms with Gasteiger partial charge in [0.2, 0.25) is 0 Å². The zero-order valence-corrected chi connectivity index (χ0v) is 17.4. The molecule has 0 atom stereocenters. The summed E-state index contributed by atoms with van der Waals surface area (Å²) in [5.41, 5.74) is 3.55. The second-order valence-electron chi connectivity index (χ2n) is 8.10. The molecule has 0 saturated carbocycles. The molecular formula is C22H20F2N4OS. The Bertz CT molecular complexity index is 1270. The van der Waals surface area contributed by atoms with Crippen molar-refractivity contribution in [1.82, 2.24) is 15.0 Å². The van der Waals surface area contributed by atoms with E-state index in [0.29, 0.717) is 19.6 Å². The lowest BCUT2D eigenvalue weighted by atomic mass is 9.95. The summed E-state index contributed by atoms with van der Waals surface area (Å²) in [6, 6.07) is 6.10. The van der Waals surface area contributed by atoms with E-state index in [2.05, 4.69) is 35.2 Å². The summed E-state index contributed by atoms with van der Waals surface area (Å²) in [6.07, 6.45) is 2.86. The molecule has 0 radical (unpaired) electrons. The number of ether oxygens (including phenoxy) is 1. The van der Waals surface area contributed by atoms with E-state index in [1.54, 1.807) is 17.4 Å². The van der Waals surface area contributed by atoms with Crippen molar-refractivity contribution in [3.63, 3.8) is 0 Å². The summed E-state index contributed by atoms with van der Waals surface area (Å²) in [6.45, 7) is 5.24. The van der Waals surface area contributed by atoms with Gasteiger partial charge in [0.05, 0.1) is 28.1 Å². The van der Waals surface area contributed by atoms with Gasteiger partial charge >= 0.3 is 0 Å². The molecule has 30 heavy (non-hydrogen) atoms. The highest BCUT2D eigenvalue weighted by Crippen LogP contribution is 2.37. The number of hydrogen-bond acceptors (Lipinski definition) is 6. The first-order chi connectivity index (χ1) is 14.4. The number of fused-ring (bicyclic) bond motifs is 4. The second-order valence-corrected chi connectivity index (χ2v) is 9.10. The summed E-state index contributed by atoms with van der Waals surface area (Å²) in [5, 5.41) is 4.31. The van der Waals surface area contributed by atoms with Crippen LogP contribution < -0.4 is 5.32 Å². The number of anilines is 1. The number of rotatable bonds is 4. The van der Waals surface area contributed by atoms with E-state index >= 15 is 0 Å². The highest BCUT2D eigenvalue weighted by molar-refractivity contribution is 7.25. The van der Waals surface area contributed by atoms with Crippen molar-refractivity contribution in [1.29, 1.82) is 0 Å². The van der Waals surface area contributed by atoms with Gasteiger partial charge in [-0.15, -0.1) is 11.3 Å². The lowest BCUT2D eigenvalue weighted by Gasteiger charge is -2.30. The van der Waals surface area contributed by atoms with Gasteiger partial charge in [0, 0.05) is 23.9 Å². The number of hydrogen-bond donors (Lipinski definition) is 1. The van der Waals surface area contributed by atoms with E-state index in [1.807, 2.05) is 0 Å². The molecule has 3 aromatic heterocycles. The van der Waals surface area contributed by atoms with Crippen molar-refractivity contribution in [2.24, 2.45) is 0 Å². The lowest BCUT2D eigenvalue weighted by molar-refractivity contribution is -0.0411. The first-order valence-electron chi connectivity index (χ1n) is 9.77. The number of nitrogens with one attached hydrogen (secondary N) is 1. The summed E-state index contributed by atoms with van der Waals surface area (Å²) in [5.74, 6) is -0.942. The fraction of sp³-hybridized carbons (Fsp3) is 0.318. The van der Waals surface area contributed by atoms with E-state index < -0.39 is 11.6 Å². The second kappa shape index (κ2) is 7.21. The molecule has 1 aliphatic heterocycles. The van der Waals surface area contributed by atoms with Gasteiger partial charge in [-0.2, -0.15) is 0 Å². The number of nitrogens with zero attached hydrogens (tertiary/aromatic N) is 3. The predicted molar refractivity (Wildman–Crippen MR) is 114 cm³/mol. The SMILES string of the molecule is CC1(C)Cc2nc3sc4c(NCCc5ccc(F)c(F)c5)ncnc4c3cc2CO1. The fourth-order valence-corrected chi connectivity index (χ4v) is 4.83. The minimum Gasteiger partial charge on any atom is -0.370 e. The van der Waals surface area contributed by atoms with Crippen LogP contribution in [-0.2, 0) is 24.2 Å². The first-order valence-corrected chi connectivity index (χ1v) is 10.6. The monoisotopic (exact) mass is 426 g/mol. The van der Waals surface area contributed by atoms with E-state index in [4.69, 9.17) is 9.72 Å².